The fourth-order valence-electron chi connectivity index (χ4n) is 4.61. The number of phenolic OH excluding ortho intramolecular Hbond substituents is 3. The van der Waals surface area contributed by atoms with Crippen molar-refractivity contribution >= 4 is 11.0 Å². The zero-order valence-electron chi connectivity index (χ0n) is 21.0. The van der Waals surface area contributed by atoms with Crippen molar-refractivity contribution < 1.29 is 69.3 Å². The summed E-state index contributed by atoms with van der Waals surface area (Å²) in [4.78, 5) is 12.7. The standard InChI is InChI=1S/C26H28O15/c27-7-17-20(32)23(35)25(40-17)37-8-18-21(33)22(34)24(36)26(41-18)38-10-4-13(30)19-14(31)6-15(39-16(19)5-10)9-1-2-11(28)12(29)3-9/h1-6,17-18,20-30,32-36H,7-8H2. The van der Waals surface area contributed by atoms with Gasteiger partial charge < -0.3 is 69.3 Å². The molecule has 2 fully saturated rings. The van der Waals surface area contributed by atoms with Gasteiger partial charge in [0.1, 0.15) is 71.0 Å². The van der Waals surface area contributed by atoms with Crippen LogP contribution in [-0.4, -0.2) is 114 Å². The van der Waals surface area contributed by atoms with E-state index in [1.807, 2.05) is 0 Å². The molecule has 0 saturated carbocycles. The number of hydrogen-bond acceptors (Lipinski definition) is 15. The van der Waals surface area contributed by atoms with Crippen LogP contribution in [0.4, 0.5) is 0 Å². The number of phenols is 3. The first-order valence-electron chi connectivity index (χ1n) is 12.4. The van der Waals surface area contributed by atoms with Gasteiger partial charge in [0.15, 0.2) is 23.2 Å². The van der Waals surface area contributed by atoms with E-state index in [-0.39, 0.29) is 33.8 Å². The molecule has 2 aromatic carbocycles. The van der Waals surface area contributed by atoms with Crippen molar-refractivity contribution in [3.8, 4) is 34.3 Å². The minimum absolute atomic E-state index is 0.0102. The van der Waals surface area contributed by atoms with Crippen molar-refractivity contribution in [2.45, 2.75) is 55.3 Å². The molecule has 15 heteroatoms. The van der Waals surface area contributed by atoms with Crippen LogP contribution in [0.5, 0.6) is 23.0 Å². The highest BCUT2D eigenvalue weighted by Gasteiger charge is 2.47. The van der Waals surface area contributed by atoms with Crippen LogP contribution in [-0.2, 0) is 14.2 Å². The summed E-state index contributed by atoms with van der Waals surface area (Å²) in [6, 6.07) is 7.08. The summed E-state index contributed by atoms with van der Waals surface area (Å²) in [5.41, 5.74) is -0.539. The van der Waals surface area contributed by atoms with E-state index in [9.17, 15) is 50.8 Å². The molecule has 3 aromatic rings. The Bertz CT molecular complexity index is 1460. The Labute approximate surface area is 230 Å². The number of benzene rings is 2. The van der Waals surface area contributed by atoms with Gasteiger partial charge in [-0.05, 0) is 18.2 Å². The van der Waals surface area contributed by atoms with Gasteiger partial charge in [-0.25, -0.2) is 0 Å². The second-order valence-corrected chi connectivity index (χ2v) is 9.67. The molecule has 2 aliphatic heterocycles. The molecular weight excluding hydrogens is 552 g/mol. The Morgan fingerprint density at radius 3 is 2.10 bits per heavy atom. The van der Waals surface area contributed by atoms with E-state index in [2.05, 4.69) is 0 Å². The number of aliphatic hydroxyl groups excluding tert-OH is 6. The van der Waals surface area contributed by atoms with Gasteiger partial charge in [0.2, 0.25) is 6.29 Å². The van der Waals surface area contributed by atoms with Gasteiger partial charge in [-0.1, -0.05) is 0 Å². The van der Waals surface area contributed by atoms with Crippen molar-refractivity contribution in [2.75, 3.05) is 13.2 Å². The number of fused-ring (bicyclic) bond motifs is 1. The third kappa shape index (κ3) is 5.54. The smallest absolute Gasteiger partial charge is 0.229 e. The Morgan fingerprint density at radius 1 is 0.732 bits per heavy atom. The molecule has 3 heterocycles. The van der Waals surface area contributed by atoms with Crippen molar-refractivity contribution in [1.29, 1.82) is 0 Å². The van der Waals surface area contributed by atoms with Gasteiger partial charge in [0, 0.05) is 23.8 Å². The molecule has 0 spiro atoms. The van der Waals surface area contributed by atoms with Gasteiger partial charge in [0.25, 0.3) is 0 Å². The molecule has 2 aliphatic rings. The van der Waals surface area contributed by atoms with Crippen molar-refractivity contribution in [2.24, 2.45) is 0 Å². The third-order valence-corrected chi connectivity index (χ3v) is 6.89. The van der Waals surface area contributed by atoms with Crippen LogP contribution in [0.25, 0.3) is 22.3 Å². The second kappa shape index (κ2) is 11.4. The molecule has 1 aromatic heterocycles. The van der Waals surface area contributed by atoms with Crippen LogP contribution in [0, 0.1) is 0 Å². The van der Waals surface area contributed by atoms with E-state index < -0.39 is 85.4 Å². The van der Waals surface area contributed by atoms with Crippen LogP contribution in [0.1, 0.15) is 0 Å². The SMILES string of the molecule is O=c1cc(-c2ccc(O)c(O)c2)oc2cc(OC3OC(COC4OC(CO)C(O)C4O)C(O)C(O)C3O)cc(O)c12. The first-order chi connectivity index (χ1) is 19.5. The van der Waals surface area contributed by atoms with E-state index in [1.165, 1.54) is 24.3 Å². The Balaban J connectivity index is 1.36. The van der Waals surface area contributed by atoms with Crippen LogP contribution in [0.15, 0.2) is 45.6 Å². The normalized spacial score (nSPS) is 31.9. The molecule has 9 atom stereocenters. The Morgan fingerprint density at radius 2 is 1.41 bits per heavy atom. The molecule has 41 heavy (non-hydrogen) atoms. The number of hydrogen-bond donors (Lipinski definition) is 9. The van der Waals surface area contributed by atoms with E-state index in [1.54, 1.807) is 0 Å². The summed E-state index contributed by atoms with van der Waals surface area (Å²) in [6.45, 7) is -1.09. The predicted molar refractivity (Wildman–Crippen MR) is 134 cm³/mol. The molecule has 9 unspecified atom stereocenters. The molecule has 5 rings (SSSR count). The average Bonchev–Trinajstić information content (AvgIpc) is 3.21. The summed E-state index contributed by atoms with van der Waals surface area (Å²) >= 11 is 0. The number of rotatable bonds is 7. The van der Waals surface area contributed by atoms with Gasteiger partial charge in [-0.3, -0.25) is 4.79 Å². The fraction of sp³-hybridized carbons (Fsp3) is 0.423. The molecule has 0 aliphatic carbocycles. The lowest BCUT2D eigenvalue weighted by Crippen LogP contribution is -2.60. The molecule has 222 valence electrons. The summed E-state index contributed by atoms with van der Waals surface area (Å²) in [7, 11) is 0. The maximum absolute atomic E-state index is 12.7. The minimum atomic E-state index is -1.79. The summed E-state index contributed by atoms with van der Waals surface area (Å²) < 4.78 is 27.5. The quantitative estimate of drug-likeness (QED) is 0.140. The molecule has 0 bridgehead atoms. The van der Waals surface area contributed by atoms with E-state index in [0.717, 1.165) is 12.1 Å². The van der Waals surface area contributed by atoms with E-state index in [4.69, 9.17) is 23.4 Å². The Kier molecular flexibility index (Phi) is 8.06. The van der Waals surface area contributed by atoms with E-state index >= 15 is 0 Å². The topological polar surface area (TPSA) is 249 Å². The molecule has 9 N–H and O–H groups in total. The number of aromatic hydroxyl groups is 3. The molecule has 0 amide bonds. The first-order valence-corrected chi connectivity index (χ1v) is 12.4. The molecule has 15 nitrogen and oxygen atoms in total. The van der Waals surface area contributed by atoms with Crippen LogP contribution in [0.2, 0.25) is 0 Å². The van der Waals surface area contributed by atoms with Gasteiger partial charge in [-0.2, -0.15) is 0 Å². The zero-order valence-corrected chi connectivity index (χ0v) is 21.0. The zero-order chi connectivity index (χ0) is 29.6. The predicted octanol–water partition coefficient (Wildman–Crippen LogP) is -1.78. The molecular formula is C26H28O15. The highest BCUT2D eigenvalue weighted by atomic mass is 16.7. The third-order valence-electron chi connectivity index (χ3n) is 6.89. The summed E-state index contributed by atoms with van der Waals surface area (Å²) in [5.74, 6) is -1.55. The summed E-state index contributed by atoms with van der Waals surface area (Å²) in [5, 5.41) is 90.0. The van der Waals surface area contributed by atoms with Gasteiger partial charge in [0.05, 0.1) is 13.2 Å². The number of ether oxygens (including phenoxy) is 4. The van der Waals surface area contributed by atoms with E-state index in [0.29, 0.717) is 0 Å². The van der Waals surface area contributed by atoms with Crippen molar-refractivity contribution in [1.82, 2.24) is 0 Å². The fourth-order valence-corrected chi connectivity index (χ4v) is 4.61. The molecule has 0 radical (unpaired) electrons. The first kappa shape index (κ1) is 29.0. The maximum atomic E-state index is 12.7. The van der Waals surface area contributed by atoms with Crippen LogP contribution in [0.3, 0.4) is 0 Å². The van der Waals surface area contributed by atoms with Crippen LogP contribution < -0.4 is 10.2 Å². The lowest BCUT2D eigenvalue weighted by Gasteiger charge is -2.40. The van der Waals surface area contributed by atoms with Crippen molar-refractivity contribution in [3.05, 3.63) is 46.6 Å². The van der Waals surface area contributed by atoms with Gasteiger partial charge in [-0.15, -0.1) is 0 Å². The average molecular weight is 580 g/mol. The summed E-state index contributed by atoms with van der Waals surface area (Å²) in [6.07, 6.45) is -13.6. The highest BCUT2D eigenvalue weighted by molar-refractivity contribution is 5.86. The minimum Gasteiger partial charge on any atom is -0.507 e. The maximum Gasteiger partial charge on any atom is 0.229 e. The lowest BCUT2D eigenvalue weighted by molar-refractivity contribution is -0.290. The van der Waals surface area contributed by atoms with Crippen molar-refractivity contribution in [3.63, 3.8) is 0 Å². The highest BCUT2D eigenvalue weighted by Crippen LogP contribution is 2.35. The monoisotopic (exact) mass is 580 g/mol. The molecule has 2 saturated heterocycles. The Hall–Kier alpha value is -3.51. The van der Waals surface area contributed by atoms with Gasteiger partial charge >= 0.3 is 0 Å². The number of aliphatic hydroxyl groups is 6. The van der Waals surface area contributed by atoms with Crippen LogP contribution >= 0.6 is 0 Å². The second-order valence-electron chi connectivity index (χ2n) is 9.67. The lowest BCUT2D eigenvalue weighted by atomic mass is 9.99. The largest absolute Gasteiger partial charge is 0.507 e.